The standard InChI is InChI=1S/C18H18N2O5S/c21-18(19-13-4-2-1-3-5-13)15-8-9-20(15)26(22,23)14-6-7-16-17(12-14)25-11-10-24-16/h1-7,12,15H,8-11H2,(H,19,21)/t15-/m1/s1. The van der Waals surface area contributed by atoms with Crippen LogP contribution in [0.2, 0.25) is 0 Å². The van der Waals surface area contributed by atoms with E-state index in [1.807, 2.05) is 6.07 Å². The zero-order chi connectivity index (χ0) is 18.1. The van der Waals surface area contributed by atoms with Gasteiger partial charge >= 0.3 is 0 Å². The Kier molecular flexibility index (Phi) is 4.29. The predicted octanol–water partition coefficient (Wildman–Crippen LogP) is 1.86. The van der Waals surface area contributed by atoms with Gasteiger partial charge in [0.05, 0.1) is 4.90 Å². The largest absolute Gasteiger partial charge is 0.486 e. The Bertz CT molecular complexity index is 930. The van der Waals surface area contributed by atoms with Crippen LogP contribution in [0.15, 0.2) is 53.4 Å². The summed E-state index contributed by atoms with van der Waals surface area (Å²) >= 11 is 0. The minimum atomic E-state index is -3.79. The van der Waals surface area contributed by atoms with Gasteiger partial charge in [-0.05, 0) is 30.7 Å². The Morgan fingerprint density at radius 2 is 1.77 bits per heavy atom. The van der Waals surface area contributed by atoms with Crippen LogP contribution in [-0.2, 0) is 14.8 Å². The molecule has 0 aliphatic carbocycles. The number of anilines is 1. The van der Waals surface area contributed by atoms with Gasteiger partial charge in [0.2, 0.25) is 15.9 Å². The summed E-state index contributed by atoms with van der Waals surface area (Å²) in [6.07, 6.45) is 0.489. The molecule has 1 saturated heterocycles. The minimum Gasteiger partial charge on any atom is -0.486 e. The molecule has 1 N–H and O–H groups in total. The van der Waals surface area contributed by atoms with E-state index in [0.29, 0.717) is 43.4 Å². The van der Waals surface area contributed by atoms with Crippen molar-refractivity contribution in [2.75, 3.05) is 25.1 Å². The van der Waals surface area contributed by atoms with Gasteiger partial charge in [-0.25, -0.2) is 8.42 Å². The molecule has 0 bridgehead atoms. The summed E-state index contributed by atoms with van der Waals surface area (Å²) < 4.78 is 37.9. The van der Waals surface area contributed by atoms with Crippen LogP contribution < -0.4 is 14.8 Å². The molecule has 2 aliphatic rings. The van der Waals surface area contributed by atoms with Crippen LogP contribution >= 0.6 is 0 Å². The molecule has 26 heavy (non-hydrogen) atoms. The van der Waals surface area contributed by atoms with Crippen LogP contribution in [0.25, 0.3) is 0 Å². The van der Waals surface area contributed by atoms with Gasteiger partial charge in [-0.15, -0.1) is 0 Å². The Morgan fingerprint density at radius 1 is 1.04 bits per heavy atom. The topological polar surface area (TPSA) is 84.9 Å². The number of fused-ring (bicyclic) bond motifs is 1. The Labute approximate surface area is 151 Å². The van der Waals surface area contributed by atoms with Crippen LogP contribution in [0, 0.1) is 0 Å². The molecule has 2 heterocycles. The van der Waals surface area contributed by atoms with Crippen molar-refractivity contribution < 1.29 is 22.7 Å². The zero-order valence-electron chi connectivity index (χ0n) is 13.9. The van der Waals surface area contributed by atoms with Crippen molar-refractivity contribution in [3.8, 4) is 11.5 Å². The molecule has 136 valence electrons. The Balaban J connectivity index is 1.53. The second-order valence-corrected chi connectivity index (χ2v) is 7.97. The number of rotatable bonds is 4. The molecule has 1 atom stereocenters. The van der Waals surface area contributed by atoms with Gasteiger partial charge in [-0.2, -0.15) is 4.31 Å². The molecule has 0 aromatic heterocycles. The van der Waals surface area contributed by atoms with Gasteiger partial charge in [-0.3, -0.25) is 4.79 Å². The first-order valence-corrected chi connectivity index (χ1v) is 9.77. The van der Waals surface area contributed by atoms with Crippen molar-refractivity contribution in [3.05, 3.63) is 48.5 Å². The van der Waals surface area contributed by atoms with Crippen LogP contribution in [0.3, 0.4) is 0 Å². The number of hydrogen-bond acceptors (Lipinski definition) is 5. The number of amides is 1. The van der Waals surface area contributed by atoms with Crippen molar-refractivity contribution in [1.82, 2.24) is 4.31 Å². The first-order valence-electron chi connectivity index (χ1n) is 8.33. The number of carbonyl (C=O) groups excluding carboxylic acids is 1. The van der Waals surface area contributed by atoms with Crippen LogP contribution in [0.5, 0.6) is 11.5 Å². The second kappa shape index (κ2) is 6.62. The molecule has 0 unspecified atom stereocenters. The third-order valence-electron chi connectivity index (χ3n) is 4.43. The van der Waals surface area contributed by atoms with E-state index < -0.39 is 16.1 Å². The molecule has 0 saturated carbocycles. The Morgan fingerprint density at radius 3 is 2.46 bits per heavy atom. The molecular weight excluding hydrogens is 356 g/mol. The van der Waals surface area contributed by atoms with Crippen molar-refractivity contribution >= 4 is 21.6 Å². The van der Waals surface area contributed by atoms with Gasteiger partial charge in [0.25, 0.3) is 0 Å². The fraction of sp³-hybridized carbons (Fsp3) is 0.278. The summed E-state index contributed by atoms with van der Waals surface area (Å²) in [5.74, 6) is 0.601. The van der Waals surface area contributed by atoms with E-state index in [1.165, 1.54) is 16.4 Å². The van der Waals surface area contributed by atoms with Crippen LogP contribution in [0.4, 0.5) is 5.69 Å². The number of benzene rings is 2. The molecular formula is C18H18N2O5S. The second-order valence-electron chi connectivity index (χ2n) is 6.08. The lowest BCUT2D eigenvalue weighted by Crippen LogP contribution is -2.56. The van der Waals surface area contributed by atoms with E-state index in [9.17, 15) is 13.2 Å². The molecule has 4 rings (SSSR count). The van der Waals surface area contributed by atoms with E-state index in [0.717, 1.165) is 0 Å². The first-order chi connectivity index (χ1) is 12.6. The lowest BCUT2D eigenvalue weighted by Gasteiger charge is -2.38. The summed E-state index contributed by atoms with van der Waals surface area (Å²) in [5, 5.41) is 2.76. The maximum atomic E-state index is 12.9. The number of hydrogen-bond donors (Lipinski definition) is 1. The SMILES string of the molecule is O=C(Nc1ccccc1)[C@H]1CCN1S(=O)(=O)c1ccc2c(c1)OCCO2. The average molecular weight is 374 g/mol. The van der Waals surface area contributed by atoms with Gasteiger partial charge in [0.1, 0.15) is 19.3 Å². The summed E-state index contributed by atoms with van der Waals surface area (Å²) in [5.41, 5.74) is 0.640. The smallest absolute Gasteiger partial charge is 0.243 e. The number of carbonyl (C=O) groups is 1. The van der Waals surface area contributed by atoms with Crippen molar-refractivity contribution in [2.24, 2.45) is 0 Å². The highest BCUT2D eigenvalue weighted by molar-refractivity contribution is 7.89. The summed E-state index contributed by atoms with van der Waals surface area (Å²) in [6, 6.07) is 12.8. The summed E-state index contributed by atoms with van der Waals surface area (Å²) in [4.78, 5) is 12.6. The summed E-state index contributed by atoms with van der Waals surface area (Å²) in [6.45, 7) is 1.12. The lowest BCUT2D eigenvalue weighted by atomic mass is 10.1. The van der Waals surface area contributed by atoms with E-state index in [-0.39, 0.29) is 10.8 Å². The molecule has 2 aliphatic heterocycles. The normalized spacial score (nSPS) is 19.5. The van der Waals surface area contributed by atoms with Crippen LogP contribution in [-0.4, -0.2) is 44.4 Å². The number of para-hydroxylation sites is 1. The number of sulfonamides is 1. The highest BCUT2D eigenvalue weighted by Crippen LogP contribution is 2.35. The predicted molar refractivity (Wildman–Crippen MR) is 94.8 cm³/mol. The van der Waals surface area contributed by atoms with Gasteiger partial charge in [-0.1, -0.05) is 18.2 Å². The average Bonchev–Trinajstić information content (AvgIpc) is 2.60. The number of ether oxygens (including phenoxy) is 2. The first kappa shape index (κ1) is 16.9. The maximum absolute atomic E-state index is 12.9. The van der Waals surface area contributed by atoms with E-state index in [4.69, 9.17) is 9.47 Å². The van der Waals surface area contributed by atoms with E-state index in [2.05, 4.69) is 5.32 Å². The summed E-state index contributed by atoms with van der Waals surface area (Å²) in [7, 11) is -3.79. The van der Waals surface area contributed by atoms with Crippen molar-refractivity contribution in [1.29, 1.82) is 0 Å². The fourth-order valence-electron chi connectivity index (χ4n) is 2.98. The van der Waals surface area contributed by atoms with Gasteiger partial charge in [0, 0.05) is 18.3 Å². The van der Waals surface area contributed by atoms with Crippen LogP contribution in [0.1, 0.15) is 6.42 Å². The van der Waals surface area contributed by atoms with Crippen molar-refractivity contribution in [2.45, 2.75) is 17.4 Å². The molecule has 1 fully saturated rings. The molecule has 2 aromatic rings. The third kappa shape index (κ3) is 3.02. The quantitative estimate of drug-likeness (QED) is 0.883. The molecule has 2 aromatic carbocycles. The Hall–Kier alpha value is -2.58. The zero-order valence-corrected chi connectivity index (χ0v) is 14.7. The molecule has 0 radical (unpaired) electrons. The lowest BCUT2D eigenvalue weighted by molar-refractivity contribution is -0.122. The van der Waals surface area contributed by atoms with Crippen molar-refractivity contribution in [3.63, 3.8) is 0 Å². The monoisotopic (exact) mass is 374 g/mol. The van der Waals surface area contributed by atoms with E-state index in [1.54, 1.807) is 30.3 Å². The third-order valence-corrected chi connectivity index (χ3v) is 6.34. The highest BCUT2D eigenvalue weighted by atomic mass is 32.2. The molecule has 8 heteroatoms. The maximum Gasteiger partial charge on any atom is 0.243 e. The molecule has 7 nitrogen and oxygen atoms in total. The molecule has 0 spiro atoms. The van der Waals surface area contributed by atoms with Gasteiger partial charge < -0.3 is 14.8 Å². The number of nitrogens with zero attached hydrogens (tertiary/aromatic N) is 1. The van der Waals surface area contributed by atoms with Gasteiger partial charge in [0.15, 0.2) is 11.5 Å². The molecule has 1 amide bonds. The number of nitrogens with one attached hydrogen (secondary N) is 1. The minimum absolute atomic E-state index is 0.0963. The fourth-order valence-corrected chi connectivity index (χ4v) is 4.63. The van der Waals surface area contributed by atoms with E-state index >= 15 is 0 Å². The highest BCUT2D eigenvalue weighted by Gasteiger charge is 2.43.